The summed E-state index contributed by atoms with van der Waals surface area (Å²) in [7, 11) is 0. The highest BCUT2D eigenvalue weighted by Crippen LogP contribution is 2.16. The third-order valence-corrected chi connectivity index (χ3v) is 3.58. The largest absolute Gasteiger partial charge is 0.492 e. The van der Waals surface area contributed by atoms with E-state index in [0.717, 1.165) is 31.7 Å². The zero-order valence-corrected chi connectivity index (χ0v) is 12.4. The van der Waals surface area contributed by atoms with Crippen molar-refractivity contribution in [2.45, 2.75) is 39.7 Å². The monoisotopic (exact) mass is 265 g/mol. The number of aliphatic hydroxyl groups is 1. The van der Waals surface area contributed by atoms with Crippen LogP contribution < -0.4 is 4.74 Å². The number of ether oxygens (including phenoxy) is 1. The van der Waals surface area contributed by atoms with Crippen LogP contribution in [0.25, 0.3) is 0 Å². The highest BCUT2D eigenvalue weighted by Gasteiger charge is 2.14. The molecule has 3 heteroatoms. The van der Waals surface area contributed by atoms with E-state index in [1.807, 2.05) is 18.2 Å². The Balaban J connectivity index is 2.46. The summed E-state index contributed by atoms with van der Waals surface area (Å²) in [5.74, 6) is 0.955. The molecule has 0 bridgehead atoms. The molecule has 0 amide bonds. The number of nitrogens with zero attached hydrogens (tertiary/aromatic N) is 1. The summed E-state index contributed by atoms with van der Waals surface area (Å²) in [6, 6.07) is 8.61. The molecule has 1 aromatic carbocycles. The molecule has 0 saturated heterocycles. The molecule has 0 unspecified atom stereocenters. The quantitative estimate of drug-likeness (QED) is 0.745. The number of hydrogen-bond donors (Lipinski definition) is 1. The maximum Gasteiger partial charge on any atom is 0.122 e. The number of hydrogen-bond acceptors (Lipinski definition) is 3. The zero-order chi connectivity index (χ0) is 14.1. The summed E-state index contributed by atoms with van der Waals surface area (Å²) in [6.45, 7) is 8.91. The normalized spacial score (nSPS) is 11.3. The third-order valence-electron chi connectivity index (χ3n) is 3.58. The highest BCUT2D eigenvalue weighted by atomic mass is 16.5. The van der Waals surface area contributed by atoms with E-state index in [-0.39, 0.29) is 6.61 Å². The molecule has 0 heterocycles. The first-order valence-corrected chi connectivity index (χ1v) is 7.26. The van der Waals surface area contributed by atoms with Gasteiger partial charge in [-0.3, -0.25) is 4.90 Å². The van der Waals surface area contributed by atoms with Crippen LogP contribution in [0.2, 0.25) is 0 Å². The Labute approximate surface area is 117 Å². The predicted octanol–water partition coefficient (Wildman–Crippen LogP) is 2.86. The fraction of sp³-hybridized carbons (Fsp3) is 0.625. The SMILES string of the molecule is CCC(CC)N(CCO)CCOc1ccccc1C. The molecule has 0 saturated carbocycles. The Kier molecular flexibility index (Phi) is 7.53. The Bertz CT molecular complexity index is 350. The zero-order valence-electron chi connectivity index (χ0n) is 12.4. The van der Waals surface area contributed by atoms with Gasteiger partial charge in [0.1, 0.15) is 12.4 Å². The summed E-state index contributed by atoms with van der Waals surface area (Å²) in [5.41, 5.74) is 1.17. The van der Waals surface area contributed by atoms with E-state index in [9.17, 15) is 0 Å². The van der Waals surface area contributed by atoms with Crippen molar-refractivity contribution in [1.29, 1.82) is 0 Å². The highest BCUT2D eigenvalue weighted by molar-refractivity contribution is 5.31. The molecule has 108 valence electrons. The lowest BCUT2D eigenvalue weighted by molar-refractivity contribution is 0.122. The van der Waals surface area contributed by atoms with Crippen LogP contribution in [0.15, 0.2) is 24.3 Å². The lowest BCUT2D eigenvalue weighted by Gasteiger charge is -2.29. The summed E-state index contributed by atoms with van der Waals surface area (Å²) >= 11 is 0. The van der Waals surface area contributed by atoms with Crippen LogP contribution in [0.5, 0.6) is 5.75 Å². The van der Waals surface area contributed by atoms with Gasteiger partial charge < -0.3 is 9.84 Å². The minimum absolute atomic E-state index is 0.209. The van der Waals surface area contributed by atoms with Crippen LogP contribution in [0.4, 0.5) is 0 Å². The van der Waals surface area contributed by atoms with E-state index in [0.29, 0.717) is 12.6 Å². The lowest BCUT2D eigenvalue weighted by atomic mass is 10.1. The van der Waals surface area contributed by atoms with E-state index in [1.165, 1.54) is 5.56 Å². The van der Waals surface area contributed by atoms with Gasteiger partial charge in [-0.15, -0.1) is 0 Å². The fourth-order valence-electron chi connectivity index (χ4n) is 2.40. The van der Waals surface area contributed by atoms with Crippen molar-refractivity contribution in [2.75, 3.05) is 26.3 Å². The van der Waals surface area contributed by atoms with E-state index in [2.05, 4.69) is 31.7 Å². The second-order valence-electron chi connectivity index (χ2n) is 4.84. The van der Waals surface area contributed by atoms with Gasteiger partial charge in [-0.05, 0) is 31.4 Å². The molecular weight excluding hydrogens is 238 g/mol. The maximum absolute atomic E-state index is 9.15. The molecule has 0 aliphatic carbocycles. The Morgan fingerprint density at radius 1 is 1.16 bits per heavy atom. The van der Waals surface area contributed by atoms with Crippen molar-refractivity contribution in [2.24, 2.45) is 0 Å². The molecule has 0 aromatic heterocycles. The van der Waals surface area contributed by atoms with Crippen molar-refractivity contribution in [3.05, 3.63) is 29.8 Å². The molecule has 0 atom stereocenters. The van der Waals surface area contributed by atoms with Gasteiger partial charge in [-0.25, -0.2) is 0 Å². The smallest absolute Gasteiger partial charge is 0.122 e. The molecule has 0 spiro atoms. The standard InChI is InChI=1S/C16H27NO2/c1-4-15(5-2)17(10-12-18)11-13-19-16-9-7-6-8-14(16)3/h6-9,15,18H,4-5,10-13H2,1-3H3. The van der Waals surface area contributed by atoms with Crippen LogP contribution in [0.3, 0.4) is 0 Å². The van der Waals surface area contributed by atoms with E-state index in [1.54, 1.807) is 0 Å². The van der Waals surface area contributed by atoms with Crippen LogP contribution in [0.1, 0.15) is 32.3 Å². The number of para-hydroxylation sites is 1. The van der Waals surface area contributed by atoms with Gasteiger partial charge in [0, 0.05) is 19.1 Å². The molecule has 0 aliphatic heterocycles. The van der Waals surface area contributed by atoms with E-state index < -0.39 is 0 Å². The van der Waals surface area contributed by atoms with Crippen molar-refractivity contribution in [3.63, 3.8) is 0 Å². The van der Waals surface area contributed by atoms with Gasteiger partial charge in [-0.1, -0.05) is 32.0 Å². The Morgan fingerprint density at radius 2 is 1.84 bits per heavy atom. The van der Waals surface area contributed by atoms with E-state index >= 15 is 0 Å². The first-order valence-electron chi connectivity index (χ1n) is 7.26. The molecule has 0 fully saturated rings. The lowest BCUT2D eigenvalue weighted by Crippen LogP contribution is -2.39. The minimum Gasteiger partial charge on any atom is -0.492 e. The van der Waals surface area contributed by atoms with Crippen molar-refractivity contribution in [1.82, 2.24) is 4.90 Å². The van der Waals surface area contributed by atoms with Crippen LogP contribution in [-0.2, 0) is 0 Å². The first-order chi connectivity index (χ1) is 9.22. The summed E-state index contributed by atoms with van der Waals surface area (Å²) in [5, 5.41) is 9.15. The molecule has 0 aliphatic rings. The molecule has 0 radical (unpaired) electrons. The van der Waals surface area contributed by atoms with Crippen molar-refractivity contribution < 1.29 is 9.84 Å². The molecule has 1 N–H and O–H groups in total. The van der Waals surface area contributed by atoms with Crippen molar-refractivity contribution >= 4 is 0 Å². The number of rotatable bonds is 9. The second-order valence-corrected chi connectivity index (χ2v) is 4.84. The number of aliphatic hydroxyl groups excluding tert-OH is 1. The van der Waals surface area contributed by atoms with Gasteiger partial charge in [0.25, 0.3) is 0 Å². The Hall–Kier alpha value is -1.06. The Morgan fingerprint density at radius 3 is 2.42 bits per heavy atom. The number of benzene rings is 1. The minimum atomic E-state index is 0.209. The molecule has 1 aromatic rings. The fourth-order valence-corrected chi connectivity index (χ4v) is 2.40. The second kappa shape index (κ2) is 8.94. The summed E-state index contributed by atoms with van der Waals surface area (Å²) in [4.78, 5) is 2.32. The number of aryl methyl sites for hydroxylation is 1. The van der Waals surface area contributed by atoms with Crippen LogP contribution in [-0.4, -0.2) is 42.4 Å². The van der Waals surface area contributed by atoms with Gasteiger partial charge in [0.05, 0.1) is 6.61 Å². The predicted molar refractivity (Wildman–Crippen MR) is 79.7 cm³/mol. The van der Waals surface area contributed by atoms with Crippen molar-refractivity contribution in [3.8, 4) is 5.75 Å². The van der Waals surface area contributed by atoms with Gasteiger partial charge in [0.15, 0.2) is 0 Å². The first kappa shape index (κ1) is 16.0. The molecular formula is C16H27NO2. The van der Waals surface area contributed by atoms with Gasteiger partial charge >= 0.3 is 0 Å². The summed E-state index contributed by atoms with van der Waals surface area (Å²) < 4.78 is 5.83. The molecule has 19 heavy (non-hydrogen) atoms. The van der Waals surface area contributed by atoms with Crippen LogP contribution in [0, 0.1) is 6.92 Å². The van der Waals surface area contributed by atoms with Gasteiger partial charge in [-0.2, -0.15) is 0 Å². The molecule has 1 rings (SSSR count). The van der Waals surface area contributed by atoms with E-state index in [4.69, 9.17) is 9.84 Å². The summed E-state index contributed by atoms with van der Waals surface area (Å²) in [6.07, 6.45) is 2.22. The molecule has 3 nitrogen and oxygen atoms in total. The van der Waals surface area contributed by atoms with Crippen LogP contribution >= 0.6 is 0 Å². The van der Waals surface area contributed by atoms with Gasteiger partial charge in [0.2, 0.25) is 0 Å². The maximum atomic E-state index is 9.15. The average molecular weight is 265 g/mol. The topological polar surface area (TPSA) is 32.7 Å². The third kappa shape index (κ3) is 5.21. The average Bonchev–Trinajstić information content (AvgIpc) is 2.42.